The summed E-state index contributed by atoms with van der Waals surface area (Å²) in [4.78, 5) is 32.9. The van der Waals surface area contributed by atoms with Crippen LogP contribution in [0, 0.1) is 29.4 Å². The number of phenols is 1. The van der Waals surface area contributed by atoms with Crippen LogP contribution in [0.5, 0.6) is 11.8 Å². The minimum absolute atomic E-state index is 0.0139. The van der Waals surface area contributed by atoms with Crippen molar-refractivity contribution in [2.75, 3.05) is 57.9 Å². The molecule has 0 spiro atoms. The molecule has 3 atom stereocenters. The van der Waals surface area contributed by atoms with Crippen LogP contribution in [0.4, 0.5) is 14.6 Å². The lowest BCUT2D eigenvalue weighted by Gasteiger charge is -2.47. The Morgan fingerprint density at radius 1 is 1.10 bits per heavy atom. The van der Waals surface area contributed by atoms with Gasteiger partial charge in [-0.05, 0) is 68.7 Å². The van der Waals surface area contributed by atoms with Gasteiger partial charge in [0.2, 0.25) is 5.91 Å². The number of pyridine rings is 1. The van der Waals surface area contributed by atoms with E-state index in [-0.39, 0.29) is 56.8 Å². The predicted octanol–water partition coefficient (Wildman–Crippen LogP) is 5.67. The molecular weight excluding hydrogens is 654 g/mol. The third-order valence-corrected chi connectivity index (χ3v) is 11.6. The minimum atomic E-state index is -0.748. The van der Waals surface area contributed by atoms with E-state index in [2.05, 4.69) is 25.7 Å². The normalized spacial score (nSPS) is 24.2. The van der Waals surface area contributed by atoms with Crippen molar-refractivity contribution in [2.24, 2.45) is 5.41 Å². The molecule has 1 saturated carbocycles. The number of anilines is 1. The number of nitrogens with zero attached hydrogens (tertiary/aromatic N) is 6. The zero-order chi connectivity index (χ0) is 35.3. The van der Waals surface area contributed by atoms with E-state index in [1.54, 1.807) is 0 Å². The van der Waals surface area contributed by atoms with Crippen LogP contribution in [0.25, 0.3) is 32.9 Å². The van der Waals surface area contributed by atoms with Crippen LogP contribution in [0.1, 0.15) is 56.9 Å². The van der Waals surface area contributed by atoms with Gasteiger partial charge in [0.1, 0.15) is 28.6 Å². The number of terminal acetylenes is 1. The molecule has 5 heterocycles. The Morgan fingerprint density at radius 3 is 2.78 bits per heavy atom. The third-order valence-electron chi connectivity index (χ3n) is 11.6. The Kier molecular flexibility index (Phi) is 8.88. The van der Waals surface area contributed by atoms with Gasteiger partial charge in [-0.1, -0.05) is 18.4 Å². The van der Waals surface area contributed by atoms with Gasteiger partial charge in [-0.25, -0.2) is 8.78 Å². The quantitative estimate of drug-likeness (QED) is 0.245. The van der Waals surface area contributed by atoms with Gasteiger partial charge in [0.15, 0.2) is 5.82 Å². The van der Waals surface area contributed by atoms with Crippen molar-refractivity contribution in [1.82, 2.24) is 24.8 Å². The van der Waals surface area contributed by atoms with Crippen LogP contribution in [0.15, 0.2) is 30.5 Å². The molecule has 0 radical (unpaired) electrons. The van der Waals surface area contributed by atoms with Crippen molar-refractivity contribution in [1.29, 1.82) is 0 Å². The average Bonchev–Trinajstić information content (AvgIpc) is 3.58. The molecule has 51 heavy (non-hydrogen) atoms. The molecule has 10 nitrogen and oxygen atoms in total. The van der Waals surface area contributed by atoms with Crippen molar-refractivity contribution >= 4 is 33.4 Å². The number of likely N-dealkylation sites (tertiary alicyclic amines) is 2. The van der Waals surface area contributed by atoms with Crippen molar-refractivity contribution in [3.8, 4) is 35.4 Å². The zero-order valence-corrected chi connectivity index (χ0v) is 28.8. The second kappa shape index (κ2) is 13.5. The highest BCUT2D eigenvalue weighted by molar-refractivity contribution is 6.03. The summed E-state index contributed by atoms with van der Waals surface area (Å²) in [5, 5.41) is 11.7. The number of halogens is 2. The maximum absolute atomic E-state index is 17.0. The van der Waals surface area contributed by atoms with Crippen molar-refractivity contribution in [3.63, 3.8) is 0 Å². The maximum Gasteiger partial charge on any atom is 0.319 e. The summed E-state index contributed by atoms with van der Waals surface area (Å²) in [5.74, 6) is 1.60. The van der Waals surface area contributed by atoms with Gasteiger partial charge in [-0.2, -0.15) is 9.97 Å². The number of carbonyl (C=O) groups is 1. The summed E-state index contributed by atoms with van der Waals surface area (Å²) < 4.78 is 44.1. The van der Waals surface area contributed by atoms with Crippen LogP contribution in [0.3, 0.4) is 0 Å². The number of amides is 1. The van der Waals surface area contributed by atoms with Gasteiger partial charge in [0, 0.05) is 74.4 Å². The van der Waals surface area contributed by atoms with E-state index in [1.807, 2.05) is 11.9 Å². The molecule has 12 heteroatoms. The number of piperidine rings is 1. The molecule has 4 aliphatic rings. The molecule has 0 bridgehead atoms. The van der Waals surface area contributed by atoms with Crippen LogP contribution in [0.2, 0.25) is 0 Å². The molecule has 8 rings (SSSR count). The topological polar surface area (TPSA) is 104 Å². The van der Waals surface area contributed by atoms with Crippen molar-refractivity contribution in [3.05, 3.63) is 47.7 Å². The van der Waals surface area contributed by atoms with E-state index in [9.17, 15) is 14.3 Å². The zero-order valence-electron chi connectivity index (χ0n) is 28.8. The molecule has 1 aliphatic carbocycles. The van der Waals surface area contributed by atoms with E-state index in [1.165, 1.54) is 30.5 Å². The molecule has 3 aliphatic heterocycles. The van der Waals surface area contributed by atoms with Gasteiger partial charge < -0.3 is 24.4 Å². The summed E-state index contributed by atoms with van der Waals surface area (Å²) in [6.07, 6.45) is 14.7. The second-order valence-electron chi connectivity index (χ2n) is 14.5. The number of benzene rings is 2. The van der Waals surface area contributed by atoms with Crippen molar-refractivity contribution in [2.45, 2.75) is 63.5 Å². The number of hydrogen-bond donors (Lipinski definition) is 1. The third kappa shape index (κ3) is 6.00. The number of carbonyl (C=O) groups excluding carboxylic acids is 1. The number of rotatable bonds is 7. The number of hydrogen-bond acceptors (Lipinski definition) is 9. The fraction of sp³-hybridized carbons (Fsp3) is 0.487. The van der Waals surface area contributed by atoms with E-state index in [0.29, 0.717) is 62.0 Å². The molecule has 3 saturated heterocycles. The Morgan fingerprint density at radius 2 is 1.96 bits per heavy atom. The van der Waals surface area contributed by atoms with E-state index in [4.69, 9.17) is 20.9 Å². The van der Waals surface area contributed by atoms with Crippen LogP contribution < -0.4 is 9.64 Å². The lowest BCUT2D eigenvalue weighted by Crippen LogP contribution is -2.54. The summed E-state index contributed by atoms with van der Waals surface area (Å²) in [6, 6.07) is 6.14. The van der Waals surface area contributed by atoms with Crippen LogP contribution >= 0.6 is 0 Å². The number of fused-ring (bicyclic) bond motifs is 3. The van der Waals surface area contributed by atoms with E-state index < -0.39 is 11.6 Å². The highest BCUT2D eigenvalue weighted by atomic mass is 19.1. The van der Waals surface area contributed by atoms with Crippen molar-refractivity contribution < 1.29 is 28.2 Å². The Labute approximate surface area is 295 Å². The minimum Gasteiger partial charge on any atom is -0.508 e. The highest BCUT2D eigenvalue weighted by Gasteiger charge is 2.49. The fourth-order valence-corrected chi connectivity index (χ4v) is 9.01. The lowest BCUT2D eigenvalue weighted by molar-refractivity contribution is -0.128. The summed E-state index contributed by atoms with van der Waals surface area (Å²) >= 11 is 0. The molecule has 2 aromatic heterocycles. The van der Waals surface area contributed by atoms with Crippen LogP contribution in [-0.4, -0.2) is 101 Å². The Bertz CT molecular complexity index is 2050. The molecule has 4 fully saturated rings. The summed E-state index contributed by atoms with van der Waals surface area (Å²) in [6.45, 7) is 4.56. The van der Waals surface area contributed by atoms with Gasteiger partial charge in [0.05, 0.1) is 24.2 Å². The summed E-state index contributed by atoms with van der Waals surface area (Å²) in [7, 11) is 1.91. The molecule has 266 valence electrons. The van der Waals surface area contributed by atoms with Gasteiger partial charge in [-0.3, -0.25) is 14.7 Å². The number of ether oxygens (including phenoxy) is 2. The largest absolute Gasteiger partial charge is 0.508 e. The summed E-state index contributed by atoms with van der Waals surface area (Å²) in [5.41, 5.74) is -0.0916. The average molecular weight is 697 g/mol. The first-order valence-electron chi connectivity index (χ1n) is 18.0. The second-order valence-corrected chi connectivity index (χ2v) is 14.5. The monoisotopic (exact) mass is 696 g/mol. The van der Waals surface area contributed by atoms with Gasteiger partial charge >= 0.3 is 6.01 Å². The molecule has 3 unspecified atom stereocenters. The fourth-order valence-electron chi connectivity index (χ4n) is 9.01. The van der Waals surface area contributed by atoms with E-state index in [0.717, 1.165) is 58.0 Å². The predicted molar refractivity (Wildman–Crippen MR) is 190 cm³/mol. The number of phenolic OH excluding ortho intramolecular Hbond substituents is 1. The molecule has 4 aromatic rings. The molecule has 2 aromatic carbocycles. The first-order valence-corrected chi connectivity index (χ1v) is 18.0. The smallest absolute Gasteiger partial charge is 0.319 e. The molecule has 1 amide bonds. The molecule has 1 N–H and O–H groups in total. The van der Waals surface area contributed by atoms with Gasteiger partial charge in [0.25, 0.3) is 0 Å². The number of likely N-dealkylation sites (N-methyl/N-ethyl adjacent to an activating group) is 1. The van der Waals surface area contributed by atoms with Gasteiger partial charge in [-0.15, -0.1) is 6.42 Å². The SMILES string of the molecule is C#Cc1c(F)ccc2cc(O)cc(-c3ncc4c(N5CCCOCC5)nc(OCC56CCCC5N(CC5CCC(=O)N5C)CCC6)nc4c3F)c12. The Balaban J connectivity index is 1.18. The number of aromatic hydroxyl groups is 1. The maximum atomic E-state index is 17.0. The lowest BCUT2D eigenvalue weighted by atomic mass is 9.75. The van der Waals surface area contributed by atoms with Crippen LogP contribution in [-0.2, 0) is 9.53 Å². The standard InChI is InChI=1S/C39H42F2N6O4/c1-3-27-30(40)10-8-24-19-26(48)20-28(33(24)27)35-34(41)36-29(21-42-35)37(46-15-6-17-50-18-16-46)44-38(43-36)51-23-39-12-4-7-31(39)47(14-5-13-39)22-25-9-11-32(49)45(25)2/h1,8,10,19-21,25,31,48H,4-7,9,11-18,22-23H2,2H3. The van der Waals surface area contributed by atoms with E-state index >= 15 is 4.39 Å². The Hall–Kier alpha value is -4.60. The molecular formula is C39H42F2N6O4. The first kappa shape index (κ1) is 33.5. The first-order chi connectivity index (χ1) is 24.8. The number of aromatic nitrogens is 3. The highest BCUT2D eigenvalue weighted by Crippen LogP contribution is 2.48.